The molecule has 2 aromatic rings. The molecular formula is C19H25N5O. The zero-order valence-electron chi connectivity index (χ0n) is 14.9. The van der Waals surface area contributed by atoms with E-state index in [4.69, 9.17) is 0 Å². The van der Waals surface area contributed by atoms with Gasteiger partial charge in [-0.3, -0.25) is 4.79 Å². The lowest BCUT2D eigenvalue weighted by atomic mass is 10.2. The van der Waals surface area contributed by atoms with Gasteiger partial charge in [0.05, 0.1) is 5.56 Å². The summed E-state index contributed by atoms with van der Waals surface area (Å²) in [6.45, 7) is 8.01. The molecule has 3 rings (SSSR count). The first-order valence-electron chi connectivity index (χ1n) is 8.94. The Morgan fingerprint density at radius 3 is 2.24 bits per heavy atom. The lowest BCUT2D eigenvalue weighted by molar-refractivity contribution is 0.102. The molecule has 1 aromatic heterocycles. The summed E-state index contributed by atoms with van der Waals surface area (Å²) < 4.78 is 0. The first-order chi connectivity index (χ1) is 12.2. The summed E-state index contributed by atoms with van der Waals surface area (Å²) >= 11 is 0. The summed E-state index contributed by atoms with van der Waals surface area (Å²) in [6.07, 6.45) is 5.66. The van der Waals surface area contributed by atoms with Gasteiger partial charge in [-0.15, -0.1) is 0 Å². The standard InChI is InChI=1S/C19H25N5O/c1-3-23(4-2)19-20-13-15(14-21-19)18(25)22-16-7-9-17(10-8-16)24-11-5-6-12-24/h7-10,13-14H,3-6,11-12H2,1-2H3,(H,22,25). The van der Waals surface area contributed by atoms with Crippen LogP contribution in [0.15, 0.2) is 36.7 Å². The SMILES string of the molecule is CCN(CC)c1ncc(C(=O)Nc2ccc(N3CCCC3)cc2)cn1. The van der Waals surface area contributed by atoms with Gasteiger partial charge in [0.25, 0.3) is 5.91 Å². The average Bonchev–Trinajstić information content (AvgIpc) is 3.18. The topological polar surface area (TPSA) is 61.4 Å². The molecule has 0 aliphatic carbocycles. The van der Waals surface area contributed by atoms with E-state index in [1.165, 1.54) is 18.5 Å². The smallest absolute Gasteiger partial charge is 0.258 e. The summed E-state index contributed by atoms with van der Waals surface area (Å²) in [5.41, 5.74) is 2.45. The number of benzene rings is 1. The Kier molecular flexibility index (Phi) is 5.48. The molecule has 1 saturated heterocycles. The second-order valence-electron chi connectivity index (χ2n) is 6.14. The minimum Gasteiger partial charge on any atom is -0.372 e. The molecule has 2 heterocycles. The van der Waals surface area contributed by atoms with Gasteiger partial charge in [-0.05, 0) is 51.0 Å². The lowest BCUT2D eigenvalue weighted by Gasteiger charge is -2.18. The van der Waals surface area contributed by atoms with Crippen molar-refractivity contribution in [1.29, 1.82) is 0 Å². The molecule has 132 valence electrons. The summed E-state index contributed by atoms with van der Waals surface area (Å²) in [7, 11) is 0. The second kappa shape index (κ2) is 7.96. The number of nitrogens with zero attached hydrogens (tertiary/aromatic N) is 4. The van der Waals surface area contributed by atoms with Crippen molar-refractivity contribution in [2.75, 3.05) is 41.3 Å². The van der Waals surface area contributed by atoms with Crippen molar-refractivity contribution in [2.24, 2.45) is 0 Å². The molecule has 1 amide bonds. The molecule has 6 heteroatoms. The number of rotatable bonds is 6. The fraction of sp³-hybridized carbons (Fsp3) is 0.421. The largest absolute Gasteiger partial charge is 0.372 e. The van der Waals surface area contributed by atoms with Gasteiger partial charge >= 0.3 is 0 Å². The Morgan fingerprint density at radius 1 is 1.08 bits per heavy atom. The Morgan fingerprint density at radius 2 is 1.68 bits per heavy atom. The van der Waals surface area contributed by atoms with Gasteiger partial charge in [-0.25, -0.2) is 9.97 Å². The number of carbonyl (C=O) groups excluding carboxylic acids is 1. The Labute approximate surface area is 148 Å². The van der Waals surface area contributed by atoms with Gasteiger partial charge in [0.2, 0.25) is 5.95 Å². The maximum atomic E-state index is 12.4. The molecule has 0 unspecified atom stereocenters. The Bertz CT molecular complexity index is 689. The number of amides is 1. The van der Waals surface area contributed by atoms with Gasteiger partial charge in [0.15, 0.2) is 0 Å². The van der Waals surface area contributed by atoms with Crippen molar-refractivity contribution < 1.29 is 4.79 Å². The third-order valence-electron chi connectivity index (χ3n) is 4.54. The number of hydrogen-bond donors (Lipinski definition) is 1. The van der Waals surface area contributed by atoms with E-state index in [9.17, 15) is 4.79 Å². The molecule has 1 fully saturated rings. The van der Waals surface area contributed by atoms with Crippen LogP contribution in [0.5, 0.6) is 0 Å². The minimum atomic E-state index is -0.194. The van der Waals surface area contributed by atoms with Gasteiger partial charge in [-0.2, -0.15) is 0 Å². The molecule has 0 atom stereocenters. The van der Waals surface area contributed by atoms with E-state index in [-0.39, 0.29) is 5.91 Å². The van der Waals surface area contributed by atoms with Crippen LogP contribution in [0.3, 0.4) is 0 Å². The zero-order valence-corrected chi connectivity index (χ0v) is 14.9. The maximum Gasteiger partial charge on any atom is 0.258 e. The summed E-state index contributed by atoms with van der Waals surface area (Å²) in [5.74, 6) is 0.455. The highest BCUT2D eigenvalue weighted by Crippen LogP contribution is 2.22. The highest BCUT2D eigenvalue weighted by Gasteiger charge is 2.13. The molecule has 0 spiro atoms. The van der Waals surface area contributed by atoms with Crippen molar-refractivity contribution in [2.45, 2.75) is 26.7 Å². The monoisotopic (exact) mass is 339 g/mol. The first kappa shape index (κ1) is 17.2. The number of carbonyl (C=O) groups is 1. The predicted octanol–water partition coefficient (Wildman–Crippen LogP) is 3.18. The van der Waals surface area contributed by atoms with E-state index in [1.54, 1.807) is 12.4 Å². The summed E-state index contributed by atoms with van der Waals surface area (Å²) in [4.78, 5) is 25.4. The molecule has 0 radical (unpaired) electrons. The molecule has 6 nitrogen and oxygen atoms in total. The predicted molar refractivity (Wildman–Crippen MR) is 101 cm³/mol. The van der Waals surface area contributed by atoms with Crippen molar-refractivity contribution >= 4 is 23.2 Å². The van der Waals surface area contributed by atoms with Gasteiger partial charge in [0, 0.05) is 49.9 Å². The van der Waals surface area contributed by atoms with E-state index >= 15 is 0 Å². The number of hydrogen-bond acceptors (Lipinski definition) is 5. The molecule has 0 saturated carbocycles. The number of aromatic nitrogens is 2. The van der Waals surface area contributed by atoms with Crippen LogP contribution in [0, 0.1) is 0 Å². The fourth-order valence-electron chi connectivity index (χ4n) is 3.04. The molecule has 1 aliphatic rings. The fourth-order valence-corrected chi connectivity index (χ4v) is 3.04. The number of nitrogens with one attached hydrogen (secondary N) is 1. The van der Waals surface area contributed by atoms with Crippen LogP contribution < -0.4 is 15.1 Å². The van der Waals surface area contributed by atoms with Crippen LogP contribution in [-0.4, -0.2) is 42.1 Å². The summed E-state index contributed by atoms with van der Waals surface area (Å²) in [6, 6.07) is 8.00. The van der Waals surface area contributed by atoms with Crippen molar-refractivity contribution in [1.82, 2.24) is 9.97 Å². The van der Waals surface area contributed by atoms with Gasteiger partial charge in [-0.1, -0.05) is 0 Å². The molecule has 1 aliphatic heterocycles. The van der Waals surface area contributed by atoms with Gasteiger partial charge < -0.3 is 15.1 Å². The first-order valence-corrected chi connectivity index (χ1v) is 8.94. The molecule has 1 N–H and O–H groups in total. The third kappa shape index (κ3) is 4.07. The van der Waals surface area contributed by atoms with Gasteiger partial charge in [0.1, 0.15) is 0 Å². The maximum absolute atomic E-state index is 12.4. The van der Waals surface area contributed by atoms with E-state index in [0.29, 0.717) is 11.5 Å². The Hall–Kier alpha value is -2.63. The molecule has 1 aromatic carbocycles. The number of anilines is 3. The van der Waals surface area contributed by atoms with E-state index < -0.39 is 0 Å². The Balaban J connectivity index is 1.63. The normalized spacial score (nSPS) is 13.8. The van der Waals surface area contributed by atoms with Crippen LogP contribution >= 0.6 is 0 Å². The average molecular weight is 339 g/mol. The second-order valence-corrected chi connectivity index (χ2v) is 6.14. The highest BCUT2D eigenvalue weighted by molar-refractivity contribution is 6.03. The van der Waals surface area contributed by atoms with Crippen LogP contribution in [0.25, 0.3) is 0 Å². The molecular weight excluding hydrogens is 314 g/mol. The van der Waals surface area contributed by atoms with Crippen LogP contribution in [-0.2, 0) is 0 Å². The van der Waals surface area contributed by atoms with Crippen molar-refractivity contribution in [3.63, 3.8) is 0 Å². The minimum absolute atomic E-state index is 0.194. The van der Waals surface area contributed by atoms with Crippen LogP contribution in [0.4, 0.5) is 17.3 Å². The summed E-state index contributed by atoms with van der Waals surface area (Å²) in [5, 5.41) is 2.90. The lowest BCUT2D eigenvalue weighted by Crippen LogP contribution is -2.24. The quantitative estimate of drug-likeness (QED) is 0.876. The van der Waals surface area contributed by atoms with Crippen LogP contribution in [0.2, 0.25) is 0 Å². The van der Waals surface area contributed by atoms with Crippen molar-refractivity contribution in [3.05, 3.63) is 42.2 Å². The van der Waals surface area contributed by atoms with E-state index in [2.05, 4.69) is 46.2 Å². The zero-order chi connectivity index (χ0) is 17.6. The third-order valence-corrected chi connectivity index (χ3v) is 4.54. The van der Waals surface area contributed by atoms with Crippen molar-refractivity contribution in [3.8, 4) is 0 Å². The van der Waals surface area contributed by atoms with E-state index in [1.807, 2.05) is 17.0 Å². The van der Waals surface area contributed by atoms with Crippen LogP contribution in [0.1, 0.15) is 37.0 Å². The van der Waals surface area contributed by atoms with E-state index in [0.717, 1.165) is 31.9 Å². The highest BCUT2D eigenvalue weighted by atomic mass is 16.1. The molecule has 25 heavy (non-hydrogen) atoms. The molecule has 0 bridgehead atoms.